The van der Waals surface area contributed by atoms with Crippen LogP contribution in [0.5, 0.6) is 5.75 Å². The molecule has 1 aromatic carbocycles. The Kier molecular flexibility index (Phi) is 9.78. The number of ether oxygens (including phenoxy) is 1. The van der Waals surface area contributed by atoms with Crippen LogP contribution in [0.25, 0.3) is 6.08 Å². The number of carbonyl (C=O) groups is 3. The fourth-order valence-corrected chi connectivity index (χ4v) is 1.73. The van der Waals surface area contributed by atoms with Crippen LogP contribution in [0.15, 0.2) is 28.7 Å². The summed E-state index contributed by atoms with van der Waals surface area (Å²) in [6.07, 6.45) is 2.81. The predicted octanol–water partition coefficient (Wildman–Crippen LogP) is 3.29. The fourth-order valence-electron chi connectivity index (χ4n) is 1.35. The third-order valence-electron chi connectivity index (χ3n) is 2.20. The highest BCUT2D eigenvalue weighted by Gasteiger charge is 2.02. The number of hydrogen-bond acceptors (Lipinski definition) is 5. The maximum Gasteiger partial charge on any atom is 0.302 e. The highest BCUT2D eigenvalue weighted by atomic mass is 79.9. The first kappa shape index (κ1) is 20.1. The maximum atomic E-state index is 11.2. The number of rotatable bonds is 5. The summed E-state index contributed by atoms with van der Waals surface area (Å²) in [5.41, 5.74) is 0.692. The van der Waals surface area contributed by atoms with Crippen molar-refractivity contribution >= 4 is 39.5 Å². The average molecular weight is 371 g/mol. The zero-order chi connectivity index (χ0) is 17.1. The molecule has 0 unspecified atom stereocenters. The van der Waals surface area contributed by atoms with E-state index in [1.165, 1.54) is 26.0 Å². The first-order valence-electron chi connectivity index (χ1n) is 6.58. The van der Waals surface area contributed by atoms with Crippen molar-refractivity contribution in [1.29, 1.82) is 0 Å². The minimum absolute atomic E-state index is 0.0903. The molecule has 0 heterocycles. The first-order valence-corrected chi connectivity index (χ1v) is 7.37. The Hall–Kier alpha value is -1.95. The van der Waals surface area contributed by atoms with Crippen molar-refractivity contribution in [2.45, 2.75) is 27.2 Å². The zero-order valence-corrected chi connectivity index (χ0v) is 14.3. The number of benzene rings is 1. The molecule has 6 heteroatoms. The Labute approximate surface area is 138 Å². The topological polar surface area (TPSA) is 80.7 Å². The van der Waals surface area contributed by atoms with Crippen molar-refractivity contribution in [1.82, 2.24) is 0 Å². The Morgan fingerprint density at radius 1 is 1.27 bits per heavy atom. The number of carbonyl (C=O) groups excluding carboxylic acids is 3. The number of allylic oxidation sites excluding steroid dienone is 1. The van der Waals surface area contributed by atoms with Gasteiger partial charge in [-0.1, -0.05) is 22.0 Å². The van der Waals surface area contributed by atoms with Gasteiger partial charge < -0.3 is 9.84 Å². The Morgan fingerprint density at radius 3 is 2.36 bits per heavy atom. The van der Waals surface area contributed by atoms with Gasteiger partial charge >= 0.3 is 5.97 Å². The SMILES string of the molecule is CC(=O)CC(=O)C=Cc1cc(O)ccc1Br.CCOC(C)=O. The molecule has 0 aliphatic carbocycles. The number of Topliss-reactive ketones (excluding diaryl/α,β-unsaturated/α-hetero) is 1. The summed E-state index contributed by atoms with van der Waals surface area (Å²) in [6.45, 7) is 5.02. The second kappa shape index (κ2) is 10.7. The van der Waals surface area contributed by atoms with E-state index in [9.17, 15) is 19.5 Å². The molecule has 120 valence electrons. The van der Waals surface area contributed by atoms with Crippen molar-refractivity contribution in [3.05, 3.63) is 34.3 Å². The molecular weight excluding hydrogens is 352 g/mol. The molecule has 0 spiro atoms. The van der Waals surface area contributed by atoms with Gasteiger partial charge in [0.1, 0.15) is 11.5 Å². The van der Waals surface area contributed by atoms with E-state index in [-0.39, 0.29) is 29.7 Å². The van der Waals surface area contributed by atoms with E-state index in [1.807, 2.05) is 0 Å². The molecule has 0 aliphatic rings. The quantitative estimate of drug-likeness (QED) is 0.488. The van der Waals surface area contributed by atoms with Crippen molar-refractivity contribution in [2.24, 2.45) is 0 Å². The van der Waals surface area contributed by atoms with Gasteiger partial charge in [-0.05, 0) is 43.7 Å². The van der Waals surface area contributed by atoms with Gasteiger partial charge in [0.2, 0.25) is 0 Å². The van der Waals surface area contributed by atoms with E-state index >= 15 is 0 Å². The summed E-state index contributed by atoms with van der Waals surface area (Å²) in [4.78, 5) is 31.7. The molecule has 0 fully saturated rings. The first-order chi connectivity index (χ1) is 10.3. The van der Waals surface area contributed by atoms with E-state index in [0.717, 1.165) is 4.47 Å². The zero-order valence-electron chi connectivity index (χ0n) is 12.8. The van der Waals surface area contributed by atoms with Crippen LogP contribution in [0.4, 0.5) is 0 Å². The third kappa shape index (κ3) is 9.88. The predicted molar refractivity (Wildman–Crippen MR) is 87.5 cm³/mol. The second-order valence-corrected chi connectivity index (χ2v) is 5.16. The summed E-state index contributed by atoms with van der Waals surface area (Å²) in [6, 6.07) is 4.75. The molecule has 0 aromatic heterocycles. The summed E-state index contributed by atoms with van der Waals surface area (Å²) < 4.78 is 5.18. The number of halogens is 1. The Morgan fingerprint density at radius 2 is 1.91 bits per heavy atom. The molecule has 22 heavy (non-hydrogen) atoms. The molecule has 0 saturated heterocycles. The number of phenols is 1. The molecule has 1 rings (SSSR count). The number of esters is 1. The fraction of sp³-hybridized carbons (Fsp3) is 0.312. The van der Waals surface area contributed by atoms with Crippen molar-refractivity contribution in [3.63, 3.8) is 0 Å². The number of hydrogen-bond donors (Lipinski definition) is 1. The standard InChI is InChI=1S/C12H11BrO3.C4H8O2/c1-8(14)6-10(15)3-2-9-7-11(16)4-5-12(9)13;1-3-6-4(2)5/h2-5,7,16H,6H2,1H3;3H2,1-2H3. The molecule has 0 amide bonds. The van der Waals surface area contributed by atoms with Crippen molar-refractivity contribution in [3.8, 4) is 5.75 Å². The highest BCUT2D eigenvalue weighted by molar-refractivity contribution is 9.10. The van der Waals surface area contributed by atoms with Crippen LogP contribution in [-0.4, -0.2) is 29.2 Å². The lowest BCUT2D eigenvalue weighted by molar-refractivity contribution is -0.140. The summed E-state index contributed by atoms with van der Waals surface area (Å²) in [7, 11) is 0. The second-order valence-electron chi connectivity index (χ2n) is 4.31. The van der Waals surface area contributed by atoms with Gasteiger partial charge in [-0.15, -0.1) is 0 Å². The van der Waals surface area contributed by atoms with E-state index in [1.54, 1.807) is 25.1 Å². The van der Waals surface area contributed by atoms with Crippen LogP contribution in [0.2, 0.25) is 0 Å². The minimum atomic E-state index is -0.247. The molecule has 0 aliphatic heterocycles. The molecule has 0 bridgehead atoms. The minimum Gasteiger partial charge on any atom is -0.508 e. The molecular formula is C16H19BrO5. The summed E-state index contributed by atoms with van der Waals surface area (Å²) in [5, 5.41) is 9.25. The molecule has 0 atom stereocenters. The normalized spacial score (nSPS) is 9.82. The van der Waals surface area contributed by atoms with Crippen LogP contribution in [0, 0.1) is 0 Å². The number of phenolic OH excluding ortho intramolecular Hbond substituents is 1. The van der Waals surface area contributed by atoms with E-state index < -0.39 is 0 Å². The van der Waals surface area contributed by atoms with Crippen LogP contribution in [-0.2, 0) is 19.1 Å². The van der Waals surface area contributed by atoms with Crippen LogP contribution in [0.3, 0.4) is 0 Å². The van der Waals surface area contributed by atoms with Gasteiger partial charge in [0.15, 0.2) is 5.78 Å². The monoisotopic (exact) mass is 370 g/mol. The molecule has 0 saturated carbocycles. The van der Waals surface area contributed by atoms with Gasteiger partial charge in [-0.2, -0.15) is 0 Å². The van der Waals surface area contributed by atoms with E-state index in [0.29, 0.717) is 12.2 Å². The smallest absolute Gasteiger partial charge is 0.302 e. The van der Waals surface area contributed by atoms with Crippen molar-refractivity contribution < 1.29 is 24.2 Å². The number of ketones is 2. The molecule has 5 nitrogen and oxygen atoms in total. The van der Waals surface area contributed by atoms with Gasteiger partial charge in [0.05, 0.1) is 13.0 Å². The van der Waals surface area contributed by atoms with Gasteiger partial charge in [0.25, 0.3) is 0 Å². The average Bonchev–Trinajstić information content (AvgIpc) is 2.39. The number of aromatic hydroxyl groups is 1. The summed E-state index contributed by atoms with van der Waals surface area (Å²) >= 11 is 3.29. The Bertz CT molecular complexity index is 564. The van der Waals surface area contributed by atoms with Gasteiger partial charge in [-0.3, -0.25) is 14.4 Å². The highest BCUT2D eigenvalue weighted by Crippen LogP contribution is 2.22. The summed E-state index contributed by atoms with van der Waals surface area (Å²) in [5.74, 6) is -0.494. The Balaban J connectivity index is 0.000000626. The maximum absolute atomic E-state index is 11.2. The lowest BCUT2D eigenvalue weighted by atomic mass is 10.1. The molecule has 1 aromatic rings. The van der Waals surface area contributed by atoms with Gasteiger partial charge in [0, 0.05) is 11.4 Å². The van der Waals surface area contributed by atoms with E-state index in [4.69, 9.17) is 0 Å². The van der Waals surface area contributed by atoms with Crippen LogP contribution < -0.4 is 0 Å². The van der Waals surface area contributed by atoms with Crippen LogP contribution in [0.1, 0.15) is 32.8 Å². The largest absolute Gasteiger partial charge is 0.508 e. The third-order valence-corrected chi connectivity index (χ3v) is 2.92. The lowest BCUT2D eigenvalue weighted by Crippen LogP contribution is -1.99. The molecule has 1 N–H and O–H groups in total. The molecule has 0 radical (unpaired) electrons. The van der Waals surface area contributed by atoms with Gasteiger partial charge in [-0.25, -0.2) is 0 Å². The van der Waals surface area contributed by atoms with Crippen molar-refractivity contribution in [2.75, 3.05) is 6.61 Å². The lowest BCUT2D eigenvalue weighted by Gasteiger charge is -1.99. The van der Waals surface area contributed by atoms with E-state index in [2.05, 4.69) is 20.7 Å². The van der Waals surface area contributed by atoms with Crippen LogP contribution >= 0.6 is 15.9 Å².